The molecule has 1 aliphatic carbocycles. The average Bonchev–Trinajstić information content (AvgIpc) is 2.54. The van der Waals surface area contributed by atoms with E-state index in [0.29, 0.717) is 0 Å². The van der Waals surface area contributed by atoms with E-state index in [2.05, 4.69) is 42.0 Å². The fraction of sp³-hybridized carbons (Fsp3) is 0.526. The van der Waals surface area contributed by atoms with Crippen molar-refractivity contribution in [1.82, 2.24) is 9.88 Å². The van der Waals surface area contributed by atoms with Crippen molar-refractivity contribution >= 4 is 16.6 Å². The van der Waals surface area contributed by atoms with E-state index in [9.17, 15) is 0 Å². The van der Waals surface area contributed by atoms with Crippen molar-refractivity contribution < 1.29 is 0 Å². The van der Waals surface area contributed by atoms with Crippen molar-refractivity contribution in [2.45, 2.75) is 32.6 Å². The monoisotopic (exact) mass is 295 g/mol. The summed E-state index contributed by atoms with van der Waals surface area (Å²) in [6.07, 6.45) is 4.96. The third-order valence-electron chi connectivity index (χ3n) is 5.21. The first-order valence-corrected chi connectivity index (χ1v) is 8.58. The van der Waals surface area contributed by atoms with Gasteiger partial charge in [0, 0.05) is 37.3 Å². The third kappa shape index (κ3) is 2.38. The van der Waals surface area contributed by atoms with E-state index in [-0.39, 0.29) is 0 Å². The molecule has 0 amide bonds. The molecule has 0 saturated carbocycles. The number of piperazine rings is 1. The summed E-state index contributed by atoms with van der Waals surface area (Å²) in [5, 5.41) is 1.37. The minimum atomic E-state index is 1.13. The average molecular weight is 295 g/mol. The molecule has 1 aromatic heterocycles. The van der Waals surface area contributed by atoms with Gasteiger partial charge in [-0.2, -0.15) is 0 Å². The second-order valence-corrected chi connectivity index (χ2v) is 6.90. The van der Waals surface area contributed by atoms with Crippen LogP contribution in [-0.4, -0.2) is 43.1 Å². The van der Waals surface area contributed by atoms with Gasteiger partial charge in [0.2, 0.25) is 0 Å². The van der Waals surface area contributed by atoms with E-state index in [4.69, 9.17) is 4.98 Å². The maximum absolute atomic E-state index is 4.99. The molecular formula is C19H25N3. The van der Waals surface area contributed by atoms with Gasteiger partial charge in [0.05, 0.1) is 11.2 Å². The first-order chi connectivity index (χ1) is 10.7. The van der Waals surface area contributed by atoms with Crippen LogP contribution in [-0.2, 0) is 12.8 Å². The van der Waals surface area contributed by atoms with E-state index < -0.39 is 0 Å². The largest absolute Gasteiger partial charge is 0.368 e. The molecule has 1 saturated heterocycles. The van der Waals surface area contributed by atoms with Gasteiger partial charge in [0.1, 0.15) is 0 Å². The van der Waals surface area contributed by atoms with E-state index in [1.165, 1.54) is 52.7 Å². The number of nitrogens with zero attached hydrogens (tertiary/aromatic N) is 3. The Morgan fingerprint density at radius 3 is 2.59 bits per heavy atom. The van der Waals surface area contributed by atoms with Gasteiger partial charge < -0.3 is 9.80 Å². The molecule has 4 rings (SSSR count). The molecule has 3 heteroatoms. The number of hydrogen-bond donors (Lipinski definition) is 0. The SMILES string of the molecule is Cc1ccc2nc3c(c(N4CCN(C)CC4)c2c1)CCCC3. The van der Waals surface area contributed by atoms with Crippen molar-refractivity contribution in [2.24, 2.45) is 0 Å². The number of benzene rings is 1. The zero-order chi connectivity index (χ0) is 15.1. The van der Waals surface area contributed by atoms with Gasteiger partial charge in [-0.25, -0.2) is 0 Å². The summed E-state index contributed by atoms with van der Waals surface area (Å²) in [5.74, 6) is 0. The van der Waals surface area contributed by atoms with E-state index in [0.717, 1.165) is 32.6 Å². The van der Waals surface area contributed by atoms with E-state index in [1.54, 1.807) is 0 Å². The van der Waals surface area contributed by atoms with Crippen molar-refractivity contribution in [1.29, 1.82) is 0 Å². The summed E-state index contributed by atoms with van der Waals surface area (Å²) in [6.45, 7) is 6.77. The predicted octanol–water partition coefficient (Wildman–Crippen LogP) is 3.17. The normalized spacial score (nSPS) is 19.5. The first kappa shape index (κ1) is 14.0. The summed E-state index contributed by atoms with van der Waals surface area (Å²) >= 11 is 0. The number of aromatic nitrogens is 1. The van der Waals surface area contributed by atoms with Gasteiger partial charge in [-0.1, -0.05) is 11.6 Å². The summed E-state index contributed by atoms with van der Waals surface area (Å²) in [4.78, 5) is 10.0. The number of hydrogen-bond acceptors (Lipinski definition) is 3. The number of aryl methyl sites for hydroxylation is 2. The van der Waals surface area contributed by atoms with Crippen LogP contribution < -0.4 is 4.90 Å². The Balaban J connectivity index is 1.90. The maximum atomic E-state index is 4.99. The Hall–Kier alpha value is -1.61. The molecule has 1 aliphatic heterocycles. The Bertz CT molecular complexity index is 699. The van der Waals surface area contributed by atoms with Gasteiger partial charge in [-0.15, -0.1) is 0 Å². The molecule has 2 aromatic rings. The van der Waals surface area contributed by atoms with Crippen LogP contribution >= 0.6 is 0 Å². The quantitative estimate of drug-likeness (QED) is 0.805. The molecule has 0 bridgehead atoms. The van der Waals surface area contributed by atoms with Crippen molar-refractivity contribution in [2.75, 3.05) is 38.1 Å². The van der Waals surface area contributed by atoms with Crippen LogP contribution in [0.3, 0.4) is 0 Å². The van der Waals surface area contributed by atoms with Crippen LogP contribution in [0.2, 0.25) is 0 Å². The number of likely N-dealkylation sites (N-methyl/N-ethyl adjacent to an activating group) is 1. The minimum absolute atomic E-state index is 1.13. The smallest absolute Gasteiger partial charge is 0.0726 e. The molecule has 22 heavy (non-hydrogen) atoms. The van der Waals surface area contributed by atoms with Gasteiger partial charge in [0.15, 0.2) is 0 Å². The molecule has 0 N–H and O–H groups in total. The van der Waals surface area contributed by atoms with Crippen molar-refractivity contribution in [3.05, 3.63) is 35.0 Å². The van der Waals surface area contributed by atoms with Crippen LogP contribution in [0.5, 0.6) is 0 Å². The third-order valence-corrected chi connectivity index (χ3v) is 5.21. The van der Waals surface area contributed by atoms with Gasteiger partial charge in [-0.05, 0) is 57.4 Å². The maximum Gasteiger partial charge on any atom is 0.0726 e. The molecule has 3 nitrogen and oxygen atoms in total. The fourth-order valence-electron chi connectivity index (χ4n) is 3.90. The van der Waals surface area contributed by atoms with Gasteiger partial charge >= 0.3 is 0 Å². The second-order valence-electron chi connectivity index (χ2n) is 6.90. The van der Waals surface area contributed by atoms with Crippen LogP contribution in [0.25, 0.3) is 10.9 Å². The number of fused-ring (bicyclic) bond motifs is 2. The van der Waals surface area contributed by atoms with Crippen LogP contribution in [0, 0.1) is 6.92 Å². The lowest BCUT2D eigenvalue weighted by Gasteiger charge is -2.37. The molecule has 0 spiro atoms. The van der Waals surface area contributed by atoms with Gasteiger partial charge in [-0.3, -0.25) is 4.98 Å². The summed E-state index contributed by atoms with van der Waals surface area (Å²) < 4.78 is 0. The van der Waals surface area contributed by atoms with Crippen LogP contribution in [0.4, 0.5) is 5.69 Å². The highest BCUT2D eigenvalue weighted by Gasteiger charge is 2.24. The molecule has 1 fully saturated rings. The molecule has 2 heterocycles. The highest BCUT2D eigenvalue weighted by Crippen LogP contribution is 2.36. The lowest BCUT2D eigenvalue weighted by atomic mass is 9.91. The Kier molecular flexibility index (Phi) is 3.53. The lowest BCUT2D eigenvalue weighted by molar-refractivity contribution is 0.313. The fourth-order valence-corrected chi connectivity index (χ4v) is 3.90. The Morgan fingerprint density at radius 2 is 1.77 bits per heavy atom. The number of pyridine rings is 1. The Labute approximate surface area is 132 Å². The van der Waals surface area contributed by atoms with E-state index in [1.807, 2.05) is 0 Å². The zero-order valence-electron chi connectivity index (χ0n) is 13.7. The molecular weight excluding hydrogens is 270 g/mol. The minimum Gasteiger partial charge on any atom is -0.368 e. The summed E-state index contributed by atoms with van der Waals surface area (Å²) in [5.41, 5.74) is 6.91. The van der Waals surface area contributed by atoms with Crippen LogP contribution in [0.15, 0.2) is 18.2 Å². The highest BCUT2D eigenvalue weighted by atomic mass is 15.2. The zero-order valence-corrected chi connectivity index (χ0v) is 13.7. The first-order valence-electron chi connectivity index (χ1n) is 8.58. The van der Waals surface area contributed by atoms with Crippen molar-refractivity contribution in [3.63, 3.8) is 0 Å². The molecule has 0 radical (unpaired) electrons. The van der Waals surface area contributed by atoms with Crippen molar-refractivity contribution in [3.8, 4) is 0 Å². The van der Waals surface area contributed by atoms with Crippen LogP contribution in [0.1, 0.15) is 29.7 Å². The summed E-state index contributed by atoms with van der Waals surface area (Å²) in [7, 11) is 2.22. The standard InChI is InChI=1S/C19H25N3/c1-14-7-8-18-16(13-14)19(22-11-9-21(2)10-12-22)15-5-3-4-6-17(15)20-18/h7-8,13H,3-6,9-12H2,1-2H3. The summed E-state index contributed by atoms with van der Waals surface area (Å²) in [6, 6.07) is 6.74. The molecule has 116 valence electrons. The number of rotatable bonds is 1. The highest BCUT2D eigenvalue weighted by molar-refractivity contribution is 5.94. The molecule has 0 atom stereocenters. The Morgan fingerprint density at radius 1 is 1.00 bits per heavy atom. The molecule has 1 aromatic carbocycles. The predicted molar refractivity (Wildman–Crippen MR) is 92.8 cm³/mol. The molecule has 2 aliphatic rings. The van der Waals surface area contributed by atoms with E-state index >= 15 is 0 Å². The lowest BCUT2D eigenvalue weighted by Crippen LogP contribution is -2.45. The topological polar surface area (TPSA) is 19.4 Å². The number of anilines is 1. The van der Waals surface area contributed by atoms with Gasteiger partial charge in [0.25, 0.3) is 0 Å². The second kappa shape index (κ2) is 5.54. The molecule has 0 unspecified atom stereocenters.